The highest BCUT2D eigenvalue weighted by atomic mass is 35.5. The van der Waals surface area contributed by atoms with Crippen LogP contribution in [0.15, 0.2) is 47.4 Å². The number of benzene rings is 2. The molecule has 0 aliphatic rings. The highest BCUT2D eigenvalue weighted by Gasteiger charge is 2.20. The van der Waals surface area contributed by atoms with Crippen LogP contribution in [0.25, 0.3) is 0 Å². The van der Waals surface area contributed by atoms with Crippen LogP contribution in [0, 0.1) is 5.82 Å². The molecule has 0 saturated carbocycles. The molecule has 0 amide bonds. The predicted octanol–water partition coefficient (Wildman–Crippen LogP) is 2.74. The molecule has 20 heavy (non-hydrogen) atoms. The Hall–Kier alpha value is -1.63. The lowest BCUT2D eigenvalue weighted by molar-refractivity contribution is 0.570. The molecule has 106 valence electrons. The van der Waals surface area contributed by atoms with Gasteiger partial charge in [-0.1, -0.05) is 29.8 Å². The SMILES string of the molecule is NCc1ccccc1NS(=O)(=O)c1ccc(Cl)cc1F. The minimum atomic E-state index is -4.03. The molecule has 0 spiro atoms. The third-order valence-electron chi connectivity index (χ3n) is 2.67. The molecule has 0 fully saturated rings. The number of sulfonamides is 1. The summed E-state index contributed by atoms with van der Waals surface area (Å²) >= 11 is 5.60. The van der Waals surface area contributed by atoms with Crippen LogP contribution in [0.3, 0.4) is 0 Å². The summed E-state index contributed by atoms with van der Waals surface area (Å²) in [5.74, 6) is -0.907. The van der Waals surface area contributed by atoms with Crippen LogP contribution >= 0.6 is 11.6 Å². The molecule has 0 heterocycles. The minimum Gasteiger partial charge on any atom is -0.326 e. The van der Waals surface area contributed by atoms with Crippen molar-refractivity contribution in [3.8, 4) is 0 Å². The number of rotatable bonds is 4. The quantitative estimate of drug-likeness (QED) is 0.911. The van der Waals surface area contributed by atoms with Gasteiger partial charge in [-0.15, -0.1) is 0 Å². The summed E-state index contributed by atoms with van der Waals surface area (Å²) in [5.41, 5.74) is 6.47. The van der Waals surface area contributed by atoms with E-state index in [-0.39, 0.29) is 11.6 Å². The Morgan fingerprint density at radius 2 is 1.90 bits per heavy atom. The Morgan fingerprint density at radius 1 is 1.20 bits per heavy atom. The fourth-order valence-corrected chi connectivity index (χ4v) is 3.01. The molecule has 2 rings (SSSR count). The minimum absolute atomic E-state index is 0.129. The second-order valence-corrected chi connectivity index (χ2v) is 6.13. The average Bonchev–Trinajstić information content (AvgIpc) is 2.38. The maximum absolute atomic E-state index is 13.7. The van der Waals surface area contributed by atoms with Crippen molar-refractivity contribution in [2.75, 3.05) is 4.72 Å². The van der Waals surface area contributed by atoms with Crippen LogP contribution < -0.4 is 10.5 Å². The first-order valence-corrected chi connectivity index (χ1v) is 7.56. The monoisotopic (exact) mass is 314 g/mol. The van der Waals surface area contributed by atoms with Gasteiger partial charge in [0.05, 0.1) is 5.69 Å². The summed E-state index contributed by atoms with van der Waals surface area (Å²) in [5, 5.41) is 0.129. The van der Waals surface area contributed by atoms with Crippen molar-refractivity contribution in [2.24, 2.45) is 5.73 Å². The summed E-state index contributed by atoms with van der Waals surface area (Å²) < 4.78 is 40.4. The molecule has 0 radical (unpaired) electrons. The average molecular weight is 315 g/mol. The van der Waals surface area contributed by atoms with Crippen LogP contribution in [0.1, 0.15) is 5.56 Å². The van der Waals surface area contributed by atoms with Gasteiger partial charge in [-0.05, 0) is 29.8 Å². The van der Waals surface area contributed by atoms with Gasteiger partial charge in [0.25, 0.3) is 10.0 Å². The number of nitrogens with two attached hydrogens (primary N) is 1. The number of nitrogens with one attached hydrogen (secondary N) is 1. The molecule has 7 heteroatoms. The van der Waals surface area contributed by atoms with Gasteiger partial charge >= 0.3 is 0 Å². The van der Waals surface area contributed by atoms with Crippen molar-refractivity contribution < 1.29 is 12.8 Å². The molecule has 0 bridgehead atoms. The molecule has 0 aromatic heterocycles. The lowest BCUT2D eigenvalue weighted by Crippen LogP contribution is -2.16. The Morgan fingerprint density at radius 3 is 2.55 bits per heavy atom. The van der Waals surface area contributed by atoms with Gasteiger partial charge in [0.15, 0.2) is 0 Å². The van der Waals surface area contributed by atoms with E-state index >= 15 is 0 Å². The van der Waals surface area contributed by atoms with Crippen LogP contribution in [-0.4, -0.2) is 8.42 Å². The van der Waals surface area contributed by atoms with Gasteiger partial charge < -0.3 is 5.73 Å². The molecule has 0 unspecified atom stereocenters. The van der Waals surface area contributed by atoms with E-state index in [1.807, 2.05) is 0 Å². The topological polar surface area (TPSA) is 72.2 Å². The van der Waals surface area contributed by atoms with Crippen LogP contribution in [0.5, 0.6) is 0 Å². The van der Waals surface area contributed by atoms with Crippen molar-refractivity contribution in [2.45, 2.75) is 11.4 Å². The lowest BCUT2D eigenvalue weighted by atomic mass is 10.2. The van der Waals surface area contributed by atoms with Crippen LogP contribution in [0.2, 0.25) is 5.02 Å². The first kappa shape index (κ1) is 14.8. The normalized spacial score (nSPS) is 11.3. The summed E-state index contributed by atoms with van der Waals surface area (Å²) in [6, 6.07) is 10.0. The van der Waals surface area contributed by atoms with E-state index in [0.29, 0.717) is 11.3 Å². The van der Waals surface area contributed by atoms with E-state index in [1.165, 1.54) is 6.07 Å². The Labute approximate surface area is 121 Å². The Bertz CT molecular complexity index is 735. The Balaban J connectivity index is 2.41. The van der Waals surface area contributed by atoms with Crippen molar-refractivity contribution in [1.82, 2.24) is 0 Å². The maximum atomic E-state index is 13.7. The molecule has 2 aromatic rings. The summed E-state index contributed by atoms with van der Waals surface area (Å²) in [6.45, 7) is 0.168. The lowest BCUT2D eigenvalue weighted by Gasteiger charge is -2.12. The molecule has 4 nitrogen and oxygen atoms in total. The van der Waals surface area contributed by atoms with Gasteiger partial charge in [-0.3, -0.25) is 4.72 Å². The van der Waals surface area contributed by atoms with Crippen molar-refractivity contribution in [1.29, 1.82) is 0 Å². The molecule has 0 atom stereocenters. The van der Waals surface area contributed by atoms with Crippen molar-refractivity contribution >= 4 is 27.3 Å². The number of para-hydroxylation sites is 1. The van der Waals surface area contributed by atoms with E-state index in [4.69, 9.17) is 17.3 Å². The standard InChI is InChI=1S/C13H12ClFN2O2S/c14-10-5-6-13(11(15)7-10)20(18,19)17-12-4-2-1-3-9(12)8-16/h1-7,17H,8,16H2. The first-order chi connectivity index (χ1) is 9.44. The van der Waals surface area contributed by atoms with E-state index in [9.17, 15) is 12.8 Å². The fourth-order valence-electron chi connectivity index (χ4n) is 1.69. The van der Waals surface area contributed by atoms with Crippen molar-refractivity contribution in [3.05, 3.63) is 58.9 Å². The number of hydrogen-bond acceptors (Lipinski definition) is 3. The molecule has 0 saturated heterocycles. The van der Waals surface area contributed by atoms with Gasteiger partial charge in [-0.2, -0.15) is 0 Å². The summed E-state index contributed by atoms with van der Waals surface area (Å²) in [4.78, 5) is -0.464. The molecule has 0 aliphatic carbocycles. The predicted molar refractivity (Wildman–Crippen MR) is 76.6 cm³/mol. The molecule has 0 aliphatic heterocycles. The maximum Gasteiger partial charge on any atom is 0.264 e. The second-order valence-electron chi connectivity index (χ2n) is 4.04. The molecule has 2 aromatic carbocycles. The Kier molecular flexibility index (Phi) is 4.27. The van der Waals surface area contributed by atoms with E-state index in [2.05, 4.69) is 4.72 Å². The van der Waals surface area contributed by atoms with E-state index in [1.54, 1.807) is 24.3 Å². The third-order valence-corrected chi connectivity index (χ3v) is 4.30. The smallest absolute Gasteiger partial charge is 0.264 e. The third kappa shape index (κ3) is 3.09. The number of hydrogen-bond donors (Lipinski definition) is 2. The zero-order valence-corrected chi connectivity index (χ0v) is 11.9. The van der Waals surface area contributed by atoms with Gasteiger partial charge in [0.2, 0.25) is 0 Å². The zero-order valence-electron chi connectivity index (χ0n) is 10.3. The number of anilines is 1. The zero-order chi connectivity index (χ0) is 14.8. The number of halogens is 2. The first-order valence-electron chi connectivity index (χ1n) is 5.70. The largest absolute Gasteiger partial charge is 0.326 e. The summed E-state index contributed by atoms with van der Waals surface area (Å²) in [7, 11) is -4.03. The van der Waals surface area contributed by atoms with E-state index < -0.39 is 20.7 Å². The molecular formula is C13H12ClFN2O2S. The fraction of sp³-hybridized carbons (Fsp3) is 0.0769. The van der Waals surface area contributed by atoms with Gasteiger partial charge in [0.1, 0.15) is 10.7 Å². The van der Waals surface area contributed by atoms with Crippen LogP contribution in [-0.2, 0) is 16.6 Å². The van der Waals surface area contributed by atoms with E-state index in [0.717, 1.165) is 12.1 Å². The van der Waals surface area contributed by atoms with Gasteiger partial charge in [-0.25, -0.2) is 12.8 Å². The second kappa shape index (κ2) is 5.78. The summed E-state index contributed by atoms with van der Waals surface area (Å²) in [6.07, 6.45) is 0. The van der Waals surface area contributed by atoms with Crippen LogP contribution in [0.4, 0.5) is 10.1 Å². The highest BCUT2D eigenvalue weighted by Crippen LogP contribution is 2.23. The molecular weight excluding hydrogens is 303 g/mol. The van der Waals surface area contributed by atoms with Gasteiger partial charge in [0, 0.05) is 11.6 Å². The van der Waals surface area contributed by atoms with Crippen molar-refractivity contribution in [3.63, 3.8) is 0 Å². The molecule has 3 N–H and O–H groups in total. The highest BCUT2D eigenvalue weighted by molar-refractivity contribution is 7.92.